The summed E-state index contributed by atoms with van der Waals surface area (Å²) in [6.07, 6.45) is 7.51. The highest BCUT2D eigenvalue weighted by molar-refractivity contribution is 5.13. The second-order valence-corrected chi connectivity index (χ2v) is 5.12. The van der Waals surface area contributed by atoms with Crippen molar-refractivity contribution < 1.29 is 0 Å². The van der Waals surface area contributed by atoms with Crippen molar-refractivity contribution in [2.45, 2.75) is 40.0 Å². The van der Waals surface area contributed by atoms with Crippen LogP contribution in [0.15, 0.2) is 35.7 Å². The lowest BCUT2D eigenvalue weighted by Gasteiger charge is -1.96. The fraction of sp³-hybridized carbons (Fsp3) is 0.467. The normalized spacial score (nSPS) is 15.7. The van der Waals surface area contributed by atoms with E-state index < -0.39 is 0 Å². The topological polar surface area (TPSA) is 77.8 Å². The number of rotatable bonds is 3. The molecule has 1 saturated carbocycles. The molecule has 1 aliphatic rings. The first-order valence-electron chi connectivity index (χ1n) is 6.62. The molecule has 1 fully saturated rings. The minimum atomic E-state index is 0.809. The van der Waals surface area contributed by atoms with E-state index in [9.17, 15) is 0 Å². The SMILES string of the molecule is C/C(N)=C/C=C(\N)CC1CC1.Cc1ccc(C)nn1. The smallest absolute Gasteiger partial charge is 0.0600 e. The summed E-state index contributed by atoms with van der Waals surface area (Å²) in [5.74, 6) is 0.859. The van der Waals surface area contributed by atoms with Crippen LogP contribution in [0.5, 0.6) is 0 Å². The van der Waals surface area contributed by atoms with Gasteiger partial charge in [-0.3, -0.25) is 0 Å². The van der Waals surface area contributed by atoms with Crippen molar-refractivity contribution in [3.63, 3.8) is 0 Å². The Bertz CT molecular complexity index is 417. The molecule has 0 unspecified atom stereocenters. The molecule has 1 heterocycles. The van der Waals surface area contributed by atoms with E-state index in [1.54, 1.807) is 0 Å². The van der Waals surface area contributed by atoms with Gasteiger partial charge in [-0.05, 0) is 70.2 Å². The van der Waals surface area contributed by atoms with E-state index in [-0.39, 0.29) is 0 Å². The van der Waals surface area contributed by atoms with Gasteiger partial charge in [0.2, 0.25) is 0 Å². The molecule has 0 amide bonds. The quantitative estimate of drug-likeness (QED) is 0.819. The molecule has 19 heavy (non-hydrogen) atoms. The van der Waals surface area contributed by atoms with Gasteiger partial charge in [-0.15, -0.1) is 0 Å². The van der Waals surface area contributed by atoms with Gasteiger partial charge in [0.1, 0.15) is 0 Å². The Morgan fingerprint density at radius 3 is 2.05 bits per heavy atom. The van der Waals surface area contributed by atoms with Crippen LogP contribution >= 0.6 is 0 Å². The molecule has 1 aromatic rings. The van der Waals surface area contributed by atoms with Gasteiger partial charge in [0, 0.05) is 11.4 Å². The molecule has 0 atom stereocenters. The number of hydrogen-bond acceptors (Lipinski definition) is 4. The van der Waals surface area contributed by atoms with Crippen LogP contribution in [0.1, 0.15) is 37.6 Å². The highest BCUT2D eigenvalue weighted by Gasteiger charge is 2.21. The van der Waals surface area contributed by atoms with Crippen molar-refractivity contribution in [1.82, 2.24) is 10.2 Å². The molecule has 4 heteroatoms. The van der Waals surface area contributed by atoms with E-state index in [2.05, 4.69) is 10.2 Å². The van der Waals surface area contributed by atoms with Crippen molar-refractivity contribution in [2.75, 3.05) is 0 Å². The van der Waals surface area contributed by atoms with E-state index in [0.717, 1.165) is 35.1 Å². The lowest BCUT2D eigenvalue weighted by Crippen LogP contribution is -1.98. The Morgan fingerprint density at radius 2 is 1.68 bits per heavy atom. The number of allylic oxidation sites excluding steroid dienone is 4. The van der Waals surface area contributed by atoms with Crippen molar-refractivity contribution in [3.05, 3.63) is 47.1 Å². The van der Waals surface area contributed by atoms with Crippen molar-refractivity contribution >= 4 is 0 Å². The monoisotopic (exact) mass is 260 g/mol. The molecule has 0 bridgehead atoms. The van der Waals surface area contributed by atoms with Gasteiger partial charge in [-0.2, -0.15) is 10.2 Å². The van der Waals surface area contributed by atoms with Crippen LogP contribution in [0.2, 0.25) is 0 Å². The molecule has 104 valence electrons. The second-order valence-electron chi connectivity index (χ2n) is 5.12. The van der Waals surface area contributed by atoms with Gasteiger partial charge in [-0.25, -0.2) is 0 Å². The summed E-state index contributed by atoms with van der Waals surface area (Å²) in [6, 6.07) is 3.89. The number of nitrogens with zero attached hydrogens (tertiary/aromatic N) is 2. The van der Waals surface area contributed by atoms with Gasteiger partial charge in [-0.1, -0.05) is 0 Å². The maximum atomic E-state index is 5.72. The van der Waals surface area contributed by atoms with Crippen molar-refractivity contribution in [3.8, 4) is 0 Å². The molecule has 0 saturated heterocycles. The molecule has 2 rings (SSSR count). The predicted molar refractivity (Wildman–Crippen MR) is 79.1 cm³/mol. The van der Waals surface area contributed by atoms with E-state index in [0.29, 0.717) is 0 Å². The summed E-state index contributed by atoms with van der Waals surface area (Å²) in [5, 5.41) is 7.66. The minimum absolute atomic E-state index is 0.809. The fourth-order valence-electron chi connectivity index (χ4n) is 1.43. The van der Waals surface area contributed by atoms with Crippen molar-refractivity contribution in [2.24, 2.45) is 17.4 Å². The van der Waals surface area contributed by atoms with Crippen molar-refractivity contribution in [1.29, 1.82) is 0 Å². The first-order chi connectivity index (χ1) is 8.97. The predicted octanol–water partition coefficient (Wildman–Crippen LogP) is 2.59. The third-order valence-corrected chi connectivity index (χ3v) is 2.71. The zero-order valence-corrected chi connectivity index (χ0v) is 12.1. The average Bonchev–Trinajstić information content (AvgIpc) is 3.15. The first kappa shape index (κ1) is 15.2. The molecule has 0 spiro atoms. The summed E-state index contributed by atoms with van der Waals surface area (Å²) in [5.41, 5.74) is 14.9. The van der Waals surface area contributed by atoms with Crippen LogP contribution < -0.4 is 11.5 Å². The molecule has 4 nitrogen and oxygen atoms in total. The molecule has 0 aromatic carbocycles. The first-order valence-corrected chi connectivity index (χ1v) is 6.62. The van der Waals surface area contributed by atoms with Gasteiger partial charge in [0.25, 0.3) is 0 Å². The lowest BCUT2D eigenvalue weighted by atomic mass is 10.2. The minimum Gasteiger partial charge on any atom is -0.402 e. The standard InChI is InChI=1S/C9H16N2.C6H8N2/c1-7(10)2-5-9(11)6-8-3-4-8;1-5-3-4-6(2)8-7-5/h2,5,8H,3-4,6,10-11H2,1H3;3-4H,1-2H3/b7-2-,9-5-;. The molecule has 1 aliphatic carbocycles. The summed E-state index contributed by atoms with van der Waals surface area (Å²) < 4.78 is 0. The third kappa shape index (κ3) is 7.97. The van der Waals surface area contributed by atoms with Gasteiger partial charge >= 0.3 is 0 Å². The van der Waals surface area contributed by atoms with E-state index in [1.165, 1.54) is 12.8 Å². The van der Waals surface area contributed by atoms with Gasteiger partial charge < -0.3 is 11.5 Å². The summed E-state index contributed by atoms with van der Waals surface area (Å²) in [6.45, 7) is 5.71. The highest BCUT2D eigenvalue weighted by Crippen LogP contribution is 2.33. The third-order valence-electron chi connectivity index (χ3n) is 2.71. The maximum Gasteiger partial charge on any atom is 0.0600 e. The number of hydrogen-bond donors (Lipinski definition) is 2. The van der Waals surface area contributed by atoms with Crippen LogP contribution in [-0.2, 0) is 0 Å². The molecule has 4 N–H and O–H groups in total. The summed E-state index contributed by atoms with van der Waals surface area (Å²) in [7, 11) is 0. The van der Waals surface area contributed by atoms with E-state index >= 15 is 0 Å². The van der Waals surface area contributed by atoms with E-state index in [4.69, 9.17) is 11.5 Å². The number of nitrogens with two attached hydrogens (primary N) is 2. The average molecular weight is 260 g/mol. The van der Waals surface area contributed by atoms with Crippen LogP contribution in [0.3, 0.4) is 0 Å². The van der Waals surface area contributed by atoms with Gasteiger partial charge in [0.05, 0.1) is 11.4 Å². The Labute approximate surface area is 115 Å². The number of aromatic nitrogens is 2. The Morgan fingerprint density at radius 1 is 1.16 bits per heavy atom. The van der Waals surface area contributed by atoms with Crippen LogP contribution in [0, 0.1) is 19.8 Å². The largest absolute Gasteiger partial charge is 0.402 e. The molecule has 1 aromatic heterocycles. The zero-order valence-electron chi connectivity index (χ0n) is 12.1. The molecule has 0 aliphatic heterocycles. The summed E-state index contributed by atoms with van der Waals surface area (Å²) >= 11 is 0. The Balaban J connectivity index is 0.000000200. The summed E-state index contributed by atoms with van der Waals surface area (Å²) in [4.78, 5) is 0. The molecular formula is C15H24N4. The molecular weight excluding hydrogens is 236 g/mol. The molecule has 0 radical (unpaired) electrons. The maximum absolute atomic E-state index is 5.72. The Kier molecular flexibility index (Phi) is 6.06. The van der Waals surface area contributed by atoms with Crippen LogP contribution in [0.4, 0.5) is 0 Å². The number of aryl methyl sites for hydroxylation is 2. The van der Waals surface area contributed by atoms with E-state index in [1.807, 2.05) is 45.1 Å². The lowest BCUT2D eigenvalue weighted by molar-refractivity contribution is 0.811. The van der Waals surface area contributed by atoms with Gasteiger partial charge in [0.15, 0.2) is 0 Å². The van der Waals surface area contributed by atoms with Crippen LogP contribution in [0.25, 0.3) is 0 Å². The highest BCUT2D eigenvalue weighted by atomic mass is 15.1. The zero-order chi connectivity index (χ0) is 14.3. The Hall–Kier alpha value is -1.84. The van der Waals surface area contributed by atoms with Crippen LogP contribution in [-0.4, -0.2) is 10.2 Å². The second kappa shape index (κ2) is 7.56. The fourth-order valence-corrected chi connectivity index (χ4v) is 1.43.